The molecule has 2 unspecified atom stereocenters. The first-order valence-electron chi connectivity index (χ1n) is 18.6. The van der Waals surface area contributed by atoms with Gasteiger partial charge in [0.15, 0.2) is 0 Å². The first-order valence-corrected chi connectivity index (χ1v) is 19.4. The van der Waals surface area contributed by atoms with Crippen LogP contribution in [0.25, 0.3) is 44.7 Å². The van der Waals surface area contributed by atoms with Gasteiger partial charge in [-0.3, -0.25) is 19.2 Å². The Bertz CT molecular complexity index is 2500. The van der Waals surface area contributed by atoms with Crippen LogP contribution in [-0.4, -0.2) is 52.3 Å². The van der Waals surface area contributed by atoms with Crippen LogP contribution < -0.4 is 21.8 Å². The van der Waals surface area contributed by atoms with Crippen molar-refractivity contribution in [1.82, 2.24) is 39.0 Å². The topological polar surface area (TPSA) is 137 Å². The third-order valence-electron chi connectivity index (χ3n) is 11.3. The highest BCUT2D eigenvalue weighted by molar-refractivity contribution is 6.39. The Balaban J connectivity index is 1.01. The van der Waals surface area contributed by atoms with E-state index in [0.717, 1.165) is 37.1 Å². The van der Waals surface area contributed by atoms with E-state index >= 15 is 0 Å². The maximum Gasteiger partial charge on any atom is 0.276 e. The zero-order valence-electron chi connectivity index (χ0n) is 29.2. The molecule has 2 atom stereocenters. The van der Waals surface area contributed by atoms with E-state index in [1.54, 1.807) is 21.2 Å². The Morgan fingerprint density at radius 1 is 0.593 bits per heavy atom. The van der Waals surface area contributed by atoms with E-state index in [1.807, 2.05) is 57.9 Å². The molecule has 0 radical (unpaired) electrons. The average molecular weight is 764 g/mol. The molecule has 12 nitrogen and oxygen atoms in total. The number of nitrogens with zero attached hydrogens (tertiary/aromatic N) is 6. The monoisotopic (exact) mass is 762 g/mol. The second-order valence-electron chi connectivity index (χ2n) is 15.1. The van der Waals surface area contributed by atoms with Crippen LogP contribution in [0.1, 0.15) is 74.6 Å². The number of hydrogen-bond donors (Lipinski definition) is 2. The standard InChI is InChI=1S/C40H36Cl2N8O4/c41-37-25(3-1-5-27(37)29-15-31-39(53)47(17-23-11-13-35(51)43-23)33(21-7-8-21)19-49(31)45-29)26-4-2-6-28(38(26)42)30-16-32-40(54)48(18-24-12-14-36(52)44-24)34(22-9-10-22)20-50(32)46-30/h1-6,15-16,19-24H,7-14,17-18H2,(H,43,51)(H,44,52). The molecular weight excluding hydrogens is 727 g/mol. The molecule has 14 heteroatoms. The molecule has 274 valence electrons. The van der Waals surface area contributed by atoms with Crippen molar-refractivity contribution < 1.29 is 9.59 Å². The molecule has 2 aliphatic carbocycles. The van der Waals surface area contributed by atoms with E-state index < -0.39 is 0 Å². The minimum absolute atomic E-state index is 0.0205. The maximum absolute atomic E-state index is 13.9. The lowest BCUT2D eigenvalue weighted by molar-refractivity contribution is -0.120. The molecular formula is C40H36Cl2N8O4. The van der Waals surface area contributed by atoms with Crippen molar-refractivity contribution in [2.75, 3.05) is 0 Å². The van der Waals surface area contributed by atoms with E-state index in [0.29, 0.717) is 105 Å². The van der Waals surface area contributed by atoms with E-state index in [2.05, 4.69) is 10.6 Å². The summed E-state index contributed by atoms with van der Waals surface area (Å²) < 4.78 is 6.94. The van der Waals surface area contributed by atoms with Crippen LogP contribution in [-0.2, 0) is 22.7 Å². The number of aromatic nitrogens is 6. The van der Waals surface area contributed by atoms with Gasteiger partial charge in [0, 0.05) is 95.9 Å². The van der Waals surface area contributed by atoms with Crippen LogP contribution in [0.4, 0.5) is 0 Å². The summed E-state index contributed by atoms with van der Waals surface area (Å²) >= 11 is 14.4. The van der Waals surface area contributed by atoms with Crippen LogP contribution in [0, 0.1) is 0 Å². The summed E-state index contributed by atoms with van der Waals surface area (Å²) in [6.45, 7) is 0.867. The number of fused-ring (bicyclic) bond motifs is 2. The quantitative estimate of drug-likeness (QED) is 0.188. The van der Waals surface area contributed by atoms with Crippen molar-refractivity contribution in [1.29, 1.82) is 0 Å². The van der Waals surface area contributed by atoms with Crippen molar-refractivity contribution >= 4 is 46.0 Å². The van der Waals surface area contributed by atoms with Crippen LogP contribution in [0.15, 0.2) is 70.5 Å². The molecule has 0 bridgehead atoms. The number of carbonyl (C=O) groups excluding carboxylic acids is 2. The van der Waals surface area contributed by atoms with Crippen molar-refractivity contribution in [3.05, 3.63) is 103 Å². The van der Waals surface area contributed by atoms with E-state index in [4.69, 9.17) is 33.4 Å². The highest BCUT2D eigenvalue weighted by atomic mass is 35.5. The normalized spacial score (nSPS) is 20.0. The molecule has 54 heavy (non-hydrogen) atoms. The third-order valence-corrected chi connectivity index (χ3v) is 12.2. The first-order chi connectivity index (χ1) is 26.2. The molecule has 2 saturated carbocycles. The highest BCUT2D eigenvalue weighted by Gasteiger charge is 2.32. The highest BCUT2D eigenvalue weighted by Crippen LogP contribution is 2.44. The Morgan fingerprint density at radius 2 is 1.00 bits per heavy atom. The van der Waals surface area contributed by atoms with Crippen LogP contribution in [0.2, 0.25) is 10.0 Å². The maximum atomic E-state index is 13.9. The summed E-state index contributed by atoms with van der Waals surface area (Å²) in [7, 11) is 0. The molecule has 4 aromatic heterocycles. The van der Waals surface area contributed by atoms with Crippen molar-refractivity contribution in [3.8, 4) is 33.6 Å². The number of carbonyl (C=O) groups is 2. The predicted molar refractivity (Wildman–Crippen MR) is 205 cm³/mol. The van der Waals surface area contributed by atoms with E-state index in [1.165, 1.54) is 0 Å². The molecule has 2 N–H and O–H groups in total. The van der Waals surface area contributed by atoms with Gasteiger partial charge < -0.3 is 19.8 Å². The summed E-state index contributed by atoms with van der Waals surface area (Å²) in [5.74, 6) is 0.631. The number of amides is 2. The number of hydrogen-bond acceptors (Lipinski definition) is 6. The second kappa shape index (κ2) is 12.7. The Hall–Kier alpha value is -5.20. The van der Waals surface area contributed by atoms with Crippen molar-refractivity contribution in [2.45, 2.75) is 88.4 Å². The largest absolute Gasteiger partial charge is 0.352 e. The van der Waals surface area contributed by atoms with Gasteiger partial charge in [-0.1, -0.05) is 59.6 Å². The lowest BCUT2D eigenvalue weighted by Crippen LogP contribution is -2.35. The molecule has 6 aromatic rings. The summed E-state index contributed by atoms with van der Waals surface area (Å²) in [5.41, 5.74) is 6.24. The molecule has 6 heterocycles. The fraction of sp³-hybridized carbons (Fsp3) is 0.350. The number of benzene rings is 2. The molecule has 2 saturated heterocycles. The fourth-order valence-electron chi connectivity index (χ4n) is 8.20. The Morgan fingerprint density at radius 3 is 1.37 bits per heavy atom. The molecule has 0 spiro atoms. The molecule has 2 aromatic carbocycles. The second-order valence-corrected chi connectivity index (χ2v) is 15.9. The van der Waals surface area contributed by atoms with Crippen LogP contribution >= 0.6 is 23.2 Å². The van der Waals surface area contributed by atoms with Gasteiger partial charge in [0.2, 0.25) is 11.8 Å². The average Bonchev–Trinajstić information content (AvgIpc) is 4.01. The van der Waals surface area contributed by atoms with Crippen LogP contribution in [0.5, 0.6) is 0 Å². The molecule has 2 amide bonds. The third kappa shape index (κ3) is 5.74. The predicted octanol–water partition coefficient (Wildman–Crippen LogP) is 5.93. The first kappa shape index (κ1) is 33.4. The van der Waals surface area contributed by atoms with Gasteiger partial charge >= 0.3 is 0 Å². The molecule has 10 rings (SSSR count). The zero-order valence-corrected chi connectivity index (χ0v) is 30.7. The van der Waals surface area contributed by atoms with Gasteiger partial charge in [-0.05, 0) is 50.7 Å². The summed E-state index contributed by atoms with van der Waals surface area (Å²) in [6.07, 6.45) is 10.3. The van der Waals surface area contributed by atoms with Gasteiger partial charge in [-0.2, -0.15) is 10.2 Å². The summed E-state index contributed by atoms with van der Waals surface area (Å²) in [6, 6.07) is 14.7. The fourth-order valence-corrected chi connectivity index (χ4v) is 8.85. The van der Waals surface area contributed by atoms with Gasteiger partial charge in [-0.25, -0.2) is 9.03 Å². The van der Waals surface area contributed by atoms with E-state index in [-0.39, 0.29) is 35.0 Å². The minimum Gasteiger partial charge on any atom is -0.352 e. The van der Waals surface area contributed by atoms with E-state index in [9.17, 15) is 19.2 Å². The van der Waals surface area contributed by atoms with Crippen molar-refractivity contribution in [3.63, 3.8) is 0 Å². The minimum atomic E-state index is -0.143. The Kier molecular flexibility index (Phi) is 7.85. The van der Waals surface area contributed by atoms with Gasteiger partial charge in [-0.15, -0.1) is 0 Å². The van der Waals surface area contributed by atoms with Crippen LogP contribution in [0.3, 0.4) is 0 Å². The molecule has 4 aliphatic rings. The van der Waals surface area contributed by atoms with Gasteiger partial charge in [0.1, 0.15) is 11.0 Å². The Labute approximate surface area is 318 Å². The SMILES string of the molecule is O=C1CCC(Cn2c(C3CC3)cn3nc(-c4cccc(-c5cccc(-c6cc7c(=O)n(CC8CCC(=O)N8)c(C8CC8)cn7n6)c5Cl)c4Cl)cc3c2=O)N1. The lowest BCUT2D eigenvalue weighted by atomic mass is 9.98. The number of nitrogens with one attached hydrogen (secondary N) is 2. The smallest absolute Gasteiger partial charge is 0.276 e. The lowest BCUT2D eigenvalue weighted by Gasteiger charge is -2.17. The van der Waals surface area contributed by atoms with Gasteiger partial charge in [0.05, 0.1) is 21.4 Å². The zero-order chi connectivity index (χ0) is 36.8. The molecule has 4 fully saturated rings. The summed E-state index contributed by atoms with van der Waals surface area (Å²) in [5, 5.41) is 16.5. The summed E-state index contributed by atoms with van der Waals surface area (Å²) in [4.78, 5) is 51.7. The number of halogens is 2. The number of rotatable bonds is 9. The molecule has 2 aliphatic heterocycles. The van der Waals surface area contributed by atoms with Gasteiger partial charge in [0.25, 0.3) is 11.1 Å². The van der Waals surface area contributed by atoms with Crippen molar-refractivity contribution in [2.24, 2.45) is 0 Å².